The van der Waals surface area contributed by atoms with Crippen LogP contribution in [0.25, 0.3) is 10.3 Å². The SMILES string of the molecule is CCn1nc(C)cc1C(=O)Nc1nc2cc(C(N)=O)sc2n1C/C=C/CN. The number of fused-ring (bicyclic) bond motifs is 1. The van der Waals surface area contributed by atoms with Gasteiger partial charge in [0, 0.05) is 19.6 Å². The Kier molecular flexibility index (Phi) is 5.38. The lowest BCUT2D eigenvalue weighted by molar-refractivity contribution is 0.0998. The molecule has 0 radical (unpaired) electrons. The zero-order valence-corrected chi connectivity index (χ0v) is 15.9. The molecule has 3 aromatic heterocycles. The summed E-state index contributed by atoms with van der Waals surface area (Å²) in [6.45, 7) is 5.20. The Labute approximate surface area is 159 Å². The maximum Gasteiger partial charge on any atom is 0.276 e. The third kappa shape index (κ3) is 3.76. The summed E-state index contributed by atoms with van der Waals surface area (Å²) in [6, 6.07) is 3.36. The fourth-order valence-electron chi connectivity index (χ4n) is 2.71. The molecule has 10 heteroatoms. The minimum absolute atomic E-state index is 0.297. The molecule has 0 aliphatic heterocycles. The van der Waals surface area contributed by atoms with Gasteiger partial charge in [0.1, 0.15) is 16.0 Å². The summed E-state index contributed by atoms with van der Waals surface area (Å²) < 4.78 is 3.45. The van der Waals surface area contributed by atoms with E-state index in [0.29, 0.717) is 41.7 Å². The van der Waals surface area contributed by atoms with Gasteiger partial charge in [0.15, 0.2) is 0 Å². The van der Waals surface area contributed by atoms with Gasteiger partial charge in [0.25, 0.3) is 11.8 Å². The summed E-state index contributed by atoms with van der Waals surface area (Å²) >= 11 is 1.24. The van der Waals surface area contributed by atoms with Gasteiger partial charge in [-0.25, -0.2) is 4.98 Å². The van der Waals surface area contributed by atoms with E-state index >= 15 is 0 Å². The Morgan fingerprint density at radius 2 is 2.11 bits per heavy atom. The maximum atomic E-state index is 12.7. The van der Waals surface area contributed by atoms with Crippen molar-refractivity contribution in [2.75, 3.05) is 11.9 Å². The number of primary amides is 1. The Balaban J connectivity index is 1.98. The van der Waals surface area contributed by atoms with Crippen LogP contribution in [-0.4, -0.2) is 37.7 Å². The van der Waals surface area contributed by atoms with Crippen molar-refractivity contribution in [1.29, 1.82) is 0 Å². The molecule has 3 aromatic rings. The van der Waals surface area contributed by atoms with E-state index in [1.165, 1.54) is 11.3 Å². The third-order valence-corrected chi connectivity index (χ3v) is 5.08. The molecule has 0 atom stereocenters. The number of nitrogens with zero attached hydrogens (tertiary/aromatic N) is 4. The number of amides is 2. The molecule has 142 valence electrons. The van der Waals surface area contributed by atoms with Crippen molar-refractivity contribution in [3.63, 3.8) is 0 Å². The monoisotopic (exact) mass is 387 g/mol. The molecule has 3 rings (SSSR count). The molecule has 2 amide bonds. The number of imidazole rings is 1. The summed E-state index contributed by atoms with van der Waals surface area (Å²) in [7, 11) is 0. The Morgan fingerprint density at radius 3 is 2.78 bits per heavy atom. The average Bonchev–Trinajstić information content (AvgIpc) is 3.28. The van der Waals surface area contributed by atoms with E-state index in [2.05, 4.69) is 15.4 Å². The van der Waals surface area contributed by atoms with Crippen LogP contribution in [0.5, 0.6) is 0 Å². The second-order valence-corrected chi connectivity index (χ2v) is 6.89. The molecular formula is C17H21N7O2S. The summed E-state index contributed by atoms with van der Waals surface area (Å²) in [5.74, 6) is -0.412. The number of hydrogen-bond acceptors (Lipinski definition) is 6. The van der Waals surface area contributed by atoms with Gasteiger partial charge >= 0.3 is 0 Å². The fourth-order valence-corrected chi connectivity index (χ4v) is 3.67. The predicted molar refractivity (Wildman–Crippen MR) is 105 cm³/mol. The van der Waals surface area contributed by atoms with Gasteiger partial charge in [-0.1, -0.05) is 12.2 Å². The summed E-state index contributed by atoms with van der Waals surface area (Å²) in [4.78, 5) is 29.8. The fraction of sp³-hybridized carbons (Fsp3) is 0.294. The van der Waals surface area contributed by atoms with Crippen LogP contribution in [-0.2, 0) is 13.1 Å². The van der Waals surface area contributed by atoms with Crippen molar-refractivity contribution in [2.24, 2.45) is 11.5 Å². The van der Waals surface area contributed by atoms with Crippen molar-refractivity contribution >= 4 is 39.4 Å². The molecule has 0 saturated heterocycles. The number of nitrogens with one attached hydrogen (secondary N) is 1. The molecule has 0 bridgehead atoms. The molecular weight excluding hydrogens is 366 g/mol. The summed E-state index contributed by atoms with van der Waals surface area (Å²) in [6.07, 6.45) is 3.69. The van der Waals surface area contributed by atoms with Crippen LogP contribution in [0.2, 0.25) is 0 Å². The molecule has 0 aromatic carbocycles. The van der Waals surface area contributed by atoms with Gasteiger partial charge in [-0.2, -0.15) is 5.10 Å². The molecule has 0 unspecified atom stereocenters. The minimum Gasteiger partial charge on any atom is -0.365 e. The van der Waals surface area contributed by atoms with Gasteiger partial charge in [-0.15, -0.1) is 11.3 Å². The van der Waals surface area contributed by atoms with Crippen molar-refractivity contribution in [1.82, 2.24) is 19.3 Å². The van der Waals surface area contributed by atoms with Crippen molar-refractivity contribution in [3.05, 3.63) is 40.5 Å². The highest BCUT2D eigenvalue weighted by molar-refractivity contribution is 7.20. The van der Waals surface area contributed by atoms with Gasteiger partial charge in [-0.3, -0.25) is 24.2 Å². The molecule has 0 aliphatic rings. The molecule has 3 heterocycles. The largest absolute Gasteiger partial charge is 0.365 e. The molecule has 0 spiro atoms. The quantitative estimate of drug-likeness (QED) is 0.528. The molecule has 0 aliphatic carbocycles. The topological polar surface area (TPSA) is 134 Å². The first-order valence-corrected chi connectivity index (χ1v) is 9.27. The number of nitrogens with two attached hydrogens (primary N) is 2. The first-order chi connectivity index (χ1) is 12.9. The van der Waals surface area contributed by atoms with Crippen LogP contribution in [0.3, 0.4) is 0 Å². The maximum absolute atomic E-state index is 12.7. The standard InChI is InChI=1S/C17H21N7O2S/c1-3-24-12(8-10(2)22-24)15(26)21-17-20-11-9-13(14(19)25)27-16(11)23(17)7-5-4-6-18/h4-5,8-9H,3,6-7,18H2,1-2H3,(H2,19,25)(H,20,21,26)/b5-4+. The normalized spacial score (nSPS) is 11.5. The first kappa shape index (κ1) is 18.8. The molecule has 27 heavy (non-hydrogen) atoms. The minimum atomic E-state index is -0.505. The Hall–Kier alpha value is -2.98. The number of anilines is 1. The number of rotatable bonds is 7. The van der Waals surface area contributed by atoms with Crippen LogP contribution in [0.15, 0.2) is 24.3 Å². The summed E-state index contributed by atoms with van der Waals surface area (Å²) in [5, 5.41) is 7.14. The molecule has 5 N–H and O–H groups in total. The molecule has 0 saturated carbocycles. The zero-order chi connectivity index (χ0) is 19.6. The van der Waals surface area contributed by atoms with Gasteiger partial charge in [-0.05, 0) is 26.0 Å². The average molecular weight is 387 g/mol. The highest BCUT2D eigenvalue weighted by Crippen LogP contribution is 2.29. The van der Waals surface area contributed by atoms with Crippen LogP contribution in [0.4, 0.5) is 5.95 Å². The number of aryl methyl sites for hydroxylation is 2. The van der Waals surface area contributed by atoms with Gasteiger partial charge in [0.05, 0.1) is 10.6 Å². The predicted octanol–water partition coefficient (Wildman–Crippen LogP) is 1.49. The van der Waals surface area contributed by atoms with Crippen molar-refractivity contribution in [2.45, 2.75) is 26.9 Å². The first-order valence-electron chi connectivity index (χ1n) is 8.45. The lowest BCUT2D eigenvalue weighted by Crippen LogP contribution is -2.20. The molecule has 0 fully saturated rings. The lowest BCUT2D eigenvalue weighted by Gasteiger charge is -2.08. The van der Waals surface area contributed by atoms with Gasteiger partial charge in [0.2, 0.25) is 5.95 Å². The third-order valence-electron chi connectivity index (χ3n) is 3.91. The number of allylic oxidation sites excluding steroid dienone is 1. The smallest absolute Gasteiger partial charge is 0.276 e. The van der Waals surface area contributed by atoms with Crippen LogP contribution >= 0.6 is 11.3 Å². The van der Waals surface area contributed by atoms with E-state index in [0.717, 1.165) is 10.5 Å². The molecule has 9 nitrogen and oxygen atoms in total. The van der Waals surface area contributed by atoms with E-state index in [9.17, 15) is 9.59 Å². The summed E-state index contributed by atoms with van der Waals surface area (Å²) in [5.41, 5.74) is 12.7. The van der Waals surface area contributed by atoms with Gasteiger partial charge < -0.3 is 11.5 Å². The van der Waals surface area contributed by atoms with E-state index in [4.69, 9.17) is 11.5 Å². The Morgan fingerprint density at radius 1 is 1.33 bits per heavy atom. The van der Waals surface area contributed by atoms with E-state index < -0.39 is 5.91 Å². The highest BCUT2D eigenvalue weighted by Gasteiger charge is 2.20. The number of aromatic nitrogens is 4. The zero-order valence-electron chi connectivity index (χ0n) is 15.1. The van der Waals surface area contributed by atoms with Crippen LogP contribution in [0.1, 0.15) is 32.8 Å². The number of carbonyl (C=O) groups excluding carboxylic acids is 2. The number of carbonyl (C=O) groups is 2. The Bertz CT molecular complexity index is 1030. The van der Waals surface area contributed by atoms with Crippen molar-refractivity contribution < 1.29 is 9.59 Å². The van der Waals surface area contributed by atoms with Crippen LogP contribution in [0, 0.1) is 6.92 Å². The number of hydrogen-bond donors (Lipinski definition) is 3. The van der Waals surface area contributed by atoms with E-state index in [-0.39, 0.29) is 5.91 Å². The highest BCUT2D eigenvalue weighted by atomic mass is 32.1. The number of thiophene rings is 1. The van der Waals surface area contributed by atoms with Crippen molar-refractivity contribution in [3.8, 4) is 0 Å². The van der Waals surface area contributed by atoms with E-state index in [1.54, 1.807) is 16.8 Å². The van der Waals surface area contributed by atoms with E-state index in [1.807, 2.05) is 30.6 Å². The second kappa shape index (κ2) is 7.72. The van der Waals surface area contributed by atoms with Crippen LogP contribution < -0.4 is 16.8 Å². The second-order valence-electron chi connectivity index (χ2n) is 5.86. The lowest BCUT2D eigenvalue weighted by atomic mass is 10.3.